The van der Waals surface area contributed by atoms with Gasteiger partial charge in [-0.1, -0.05) is 0 Å². The number of aromatic nitrogens is 2. The van der Waals surface area contributed by atoms with Crippen LogP contribution in [0.4, 0.5) is 8.78 Å². The lowest BCUT2D eigenvalue weighted by Crippen LogP contribution is -2.30. The van der Waals surface area contributed by atoms with Crippen molar-refractivity contribution in [1.82, 2.24) is 9.97 Å². The number of nitrogens with two attached hydrogens (primary N) is 1. The third kappa shape index (κ3) is 2.50. The van der Waals surface area contributed by atoms with Crippen LogP contribution in [-0.4, -0.2) is 22.4 Å². The van der Waals surface area contributed by atoms with Crippen molar-refractivity contribution < 1.29 is 8.78 Å². The maximum atomic E-state index is 11.9. The van der Waals surface area contributed by atoms with Gasteiger partial charge in [0.15, 0.2) is 0 Å². The molecule has 66 valence electrons. The fourth-order valence-corrected chi connectivity index (χ4v) is 0.797. The minimum Gasteiger partial charge on any atom is -0.323 e. The lowest BCUT2D eigenvalue weighted by atomic mass is 10.1. The van der Waals surface area contributed by atoms with Gasteiger partial charge in [-0.25, -0.2) is 18.7 Å². The number of alkyl halides is 2. The molecular weight excluding hydrogens is 164 g/mol. The summed E-state index contributed by atoms with van der Waals surface area (Å²) in [6, 6.07) is -1.13. The summed E-state index contributed by atoms with van der Waals surface area (Å²) in [6.45, 7) is 0. The van der Waals surface area contributed by atoms with Crippen LogP contribution in [0.15, 0.2) is 18.7 Å². The highest BCUT2D eigenvalue weighted by Gasteiger charge is 2.15. The first kappa shape index (κ1) is 8.99. The molecule has 1 rings (SSSR count). The SMILES string of the molecule is NC(Cc1cncnc1)C(F)F. The lowest BCUT2D eigenvalue weighted by Gasteiger charge is -2.08. The van der Waals surface area contributed by atoms with Crippen molar-refractivity contribution >= 4 is 0 Å². The maximum absolute atomic E-state index is 11.9. The summed E-state index contributed by atoms with van der Waals surface area (Å²) in [5.74, 6) is 0. The Balaban J connectivity index is 2.53. The molecule has 12 heavy (non-hydrogen) atoms. The summed E-state index contributed by atoms with van der Waals surface area (Å²) in [5, 5.41) is 0. The second kappa shape index (κ2) is 4.06. The third-order valence-electron chi connectivity index (χ3n) is 1.41. The van der Waals surface area contributed by atoms with E-state index in [0.717, 1.165) is 0 Å². The molecule has 0 radical (unpaired) electrons. The van der Waals surface area contributed by atoms with Gasteiger partial charge in [0.05, 0.1) is 6.04 Å². The van der Waals surface area contributed by atoms with Crippen molar-refractivity contribution in [3.63, 3.8) is 0 Å². The Morgan fingerprint density at radius 3 is 2.42 bits per heavy atom. The highest BCUT2D eigenvalue weighted by Crippen LogP contribution is 2.04. The molecule has 5 heteroatoms. The zero-order valence-corrected chi connectivity index (χ0v) is 6.32. The van der Waals surface area contributed by atoms with Gasteiger partial charge >= 0.3 is 0 Å². The summed E-state index contributed by atoms with van der Waals surface area (Å²) < 4.78 is 23.9. The molecule has 0 saturated heterocycles. The van der Waals surface area contributed by atoms with Gasteiger partial charge in [0.2, 0.25) is 0 Å². The number of hydrogen-bond acceptors (Lipinski definition) is 3. The average molecular weight is 173 g/mol. The lowest BCUT2D eigenvalue weighted by molar-refractivity contribution is 0.116. The molecule has 0 saturated carbocycles. The highest BCUT2D eigenvalue weighted by atomic mass is 19.3. The summed E-state index contributed by atoms with van der Waals surface area (Å²) in [7, 11) is 0. The van der Waals surface area contributed by atoms with Crippen LogP contribution in [0.2, 0.25) is 0 Å². The second-order valence-electron chi connectivity index (χ2n) is 2.45. The quantitative estimate of drug-likeness (QED) is 0.728. The minimum atomic E-state index is -2.50. The summed E-state index contributed by atoms with van der Waals surface area (Å²) in [4.78, 5) is 7.37. The Morgan fingerprint density at radius 2 is 1.92 bits per heavy atom. The van der Waals surface area contributed by atoms with E-state index in [1.807, 2.05) is 0 Å². The number of nitrogens with zero attached hydrogens (tertiary/aromatic N) is 2. The molecule has 0 amide bonds. The molecule has 0 aromatic carbocycles. The smallest absolute Gasteiger partial charge is 0.253 e. The average Bonchev–Trinajstić information content (AvgIpc) is 2.06. The van der Waals surface area contributed by atoms with E-state index in [2.05, 4.69) is 9.97 Å². The second-order valence-corrected chi connectivity index (χ2v) is 2.45. The van der Waals surface area contributed by atoms with Crippen LogP contribution >= 0.6 is 0 Å². The normalized spacial score (nSPS) is 13.3. The molecule has 0 fully saturated rings. The van der Waals surface area contributed by atoms with Gasteiger partial charge in [-0.3, -0.25) is 0 Å². The van der Waals surface area contributed by atoms with E-state index in [1.165, 1.54) is 18.7 Å². The van der Waals surface area contributed by atoms with Crippen LogP contribution in [0.25, 0.3) is 0 Å². The molecule has 1 aromatic rings. The molecule has 1 heterocycles. The fraction of sp³-hybridized carbons (Fsp3) is 0.429. The highest BCUT2D eigenvalue weighted by molar-refractivity contribution is 5.04. The Kier molecular flexibility index (Phi) is 3.04. The van der Waals surface area contributed by atoms with Crippen molar-refractivity contribution in [1.29, 1.82) is 0 Å². The van der Waals surface area contributed by atoms with E-state index in [1.54, 1.807) is 0 Å². The topological polar surface area (TPSA) is 51.8 Å². The number of halogens is 2. The Morgan fingerprint density at radius 1 is 1.33 bits per heavy atom. The molecule has 1 unspecified atom stereocenters. The molecule has 0 spiro atoms. The molecule has 1 aromatic heterocycles. The van der Waals surface area contributed by atoms with Gasteiger partial charge in [0, 0.05) is 12.4 Å². The van der Waals surface area contributed by atoms with Crippen LogP contribution in [0.1, 0.15) is 5.56 Å². The van der Waals surface area contributed by atoms with E-state index < -0.39 is 12.5 Å². The summed E-state index contributed by atoms with van der Waals surface area (Å²) >= 11 is 0. The summed E-state index contributed by atoms with van der Waals surface area (Å²) in [5.41, 5.74) is 5.77. The maximum Gasteiger partial charge on any atom is 0.253 e. The van der Waals surface area contributed by atoms with Gasteiger partial charge in [-0.15, -0.1) is 0 Å². The monoisotopic (exact) mass is 173 g/mol. The predicted octanol–water partition coefficient (Wildman–Crippen LogP) is 0.611. The van der Waals surface area contributed by atoms with Crippen LogP contribution in [0.3, 0.4) is 0 Å². The molecule has 1 atom stereocenters. The number of rotatable bonds is 3. The van der Waals surface area contributed by atoms with E-state index in [0.29, 0.717) is 5.56 Å². The van der Waals surface area contributed by atoms with E-state index >= 15 is 0 Å². The molecule has 3 nitrogen and oxygen atoms in total. The minimum absolute atomic E-state index is 0.110. The van der Waals surface area contributed by atoms with E-state index in [-0.39, 0.29) is 6.42 Å². The zero-order valence-electron chi connectivity index (χ0n) is 6.32. The zero-order chi connectivity index (χ0) is 8.97. The fourth-order valence-electron chi connectivity index (χ4n) is 0.797. The van der Waals surface area contributed by atoms with Crippen molar-refractivity contribution in [2.24, 2.45) is 5.73 Å². The Hall–Kier alpha value is -1.10. The first-order chi connectivity index (χ1) is 5.70. The predicted molar refractivity (Wildman–Crippen MR) is 39.7 cm³/mol. The molecule has 0 aliphatic heterocycles. The third-order valence-corrected chi connectivity index (χ3v) is 1.41. The van der Waals surface area contributed by atoms with Crippen LogP contribution < -0.4 is 5.73 Å². The molecular formula is C7H9F2N3. The van der Waals surface area contributed by atoms with Crippen LogP contribution in [0.5, 0.6) is 0 Å². The van der Waals surface area contributed by atoms with Crippen LogP contribution in [-0.2, 0) is 6.42 Å². The molecule has 0 aliphatic carbocycles. The standard InChI is InChI=1S/C7H9F2N3/c8-7(9)6(10)1-5-2-11-4-12-3-5/h2-4,6-7H,1,10H2. The Bertz CT molecular complexity index is 227. The van der Waals surface area contributed by atoms with Gasteiger partial charge in [0.25, 0.3) is 6.43 Å². The van der Waals surface area contributed by atoms with Crippen LogP contribution in [0, 0.1) is 0 Å². The first-order valence-electron chi connectivity index (χ1n) is 3.48. The number of hydrogen-bond donors (Lipinski definition) is 1. The molecule has 2 N–H and O–H groups in total. The van der Waals surface area contributed by atoms with Crippen molar-refractivity contribution in [3.8, 4) is 0 Å². The van der Waals surface area contributed by atoms with Crippen molar-refractivity contribution in [3.05, 3.63) is 24.3 Å². The largest absolute Gasteiger partial charge is 0.323 e. The van der Waals surface area contributed by atoms with Crippen molar-refractivity contribution in [2.75, 3.05) is 0 Å². The van der Waals surface area contributed by atoms with E-state index in [9.17, 15) is 8.78 Å². The van der Waals surface area contributed by atoms with Gasteiger partial charge in [-0.05, 0) is 12.0 Å². The van der Waals surface area contributed by atoms with Gasteiger partial charge < -0.3 is 5.73 Å². The van der Waals surface area contributed by atoms with Gasteiger partial charge in [-0.2, -0.15) is 0 Å². The Labute approximate surface area is 68.6 Å². The molecule has 0 aliphatic rings. The first-order valence-corrected chi connectivity index (χ1v) is 3.48. The summed E-state index contributed by atoms with van der Waals surface area (Å²) in [6.07, 6.45) is 1.92. The molecule has 0 bridgehead atoms. The van der Waals surface area contributed by atoms with Gasteiger partial charge in [0.1, 0.15) is 6.33 Å². The van der Waals surface area contributed by atoms with Crippen molar-refractivity contribution in [2.45, 2.75) is 18.9 Å². The van der Waals surface area contributed by atoms with E-state index in [4.69, 9.17) is 5.73 Å².